The molecule has 0 heterocycles. The van der Waals surface area contributed by atoms with Crippen LogP contribution in [0, 0.1) is 3.57 Å². The van der Waals surface area contributed by atoms with Gasteiger partial charge in [-0.05, 0) is 47.1 Å². The summed E-state index contributed by atoms with van der Waals surface area (Å²) in [6.45, 7) is 0. The smallest absolute Gasteiger partial charge is 0.0542 e. The standard InChI is InChI=1S/C9H9BrClI/c10-6-2-4-7-3-1-5-8(11)9(7)12/h1,3,5H,2,4,6H2. The van der Waals surface area contributed by atoms with Crippen LogP contribution in [0.1, 0.15) is 12.0 Å². The Morgan fingerprint density at radius 3 is 2.83 bits per heavy atom. The highest BCUT2D eigenvalue weighted by molar-refractivity contribution is 14.1. The minimum atomic E-state index is 0.864. The molecule has 1 aromatic rings. The Hall–Kier alpha value is 0.720. The second-order valence-electron chi connectivity index (χ2n) is 2.51. The Bertz CT molecular complexity index is 263. The Balaban J connectivity index is 2.78. The summed E-state index contributed by atoms with van der Waals surface area (Å²) in [5.74, 6) is 0. The third-order valence-electron chi connectivity index (χ3n) is 1.61. The van der Waals surface area contributed by atoms with E-state index in [4.69, 9.17) is 11.6 Å². The molecule has 1 aromatic carbocycles. The fourth-order valence-corrected chi connectivity index (χ4v) is 2.10. The van der Waals surface area contributed by atoms with E-state index < -0.39 is 0 Å². The van der Waals surface area contributed by atoms with E-state index in [-0.39, 0.29) is 0 Å². The van der Waals surface area contributed by atoms with E-state index in [9.17, 15) is 0 Å². The van der Waals surface area contributed by atoms with Crippen LogP contribution in [0.5, 0.6) is 0 Å². The zero-order valence-corrected chi connectivity index (χ0v) is 11.0. The van der Waals surface area contributed by atoms with Gasteiger partial charge in [0.15, 0.2) is 0 Å². The molecule has 0 fully saturated rings. The zero-order chi connectivity index (χ0) is 8.97. The average molecular weight is 359 g/mol. The lowest BCUT2D eigenvalue weighted by molar-refractivity contribution is 0.934. The molecule has 0 nitrogen and oxygen atoms in total. The van der Waals surface area contributed by atoms with Crippen molar-refractivity contribution in [2.24, 2.45) is 0 Å². The molecular weight excluding hydrogens is 350 g/mol. The Kier molecular flexibility index (Phi) is 4.90. The summed E-state index contributed by atoms with van der Waals surface area (Å²) >= 11 is 11.7. The largest absolute Gasteiger partial charge is 0.0928 e. The van der Waals surface area contributed by atoms with Crippen LogP contribution in [0.2, 0.25) is 5.02 Å². The third kappa shape index (κ3) is 2.89. The molecule has 0 saturated heterocycles. The predicted molar refractivity (Wildman–Crippen MR) is 66.3 cm³/mol. The van der Waals surface area contributed by atoms with E-state index in [2.05, 4.69) is 44.6 Å². The SMILES string of the molecule is Clc1cccc(CCCBr)c1I. The molecule has 3 heteroatoms. The third-order valence-corrected chi connectivity index (χ3v) is 4.08. The number of hydrogen-bond acceptors (Lipinski definition) is 0. The molecule has 0 aromatic heterocycles. The van der Waals surface area contributed by atoms with E-state index in [1.54, 1.807) is 0 Å². The van der Waals surface area contributed by atoms with Crippen LogP contribution in [0.3, 0.4) is 0 Å². The highest BCUT2D eigenvalue weighted by atomic mass is 127. The van der Waals surface area contributed by atoms with Crippen molar-refractivity contribution in [2.75, 3.05) is 5.33 Å². The van der Waals surface area contributed by atoms with Crippen molar-refractivity contribution in [3.05, 3.63) is 32.4 Å². The van der Waals surface area contributed by atoms with Crippen molar-refractivity contribution in [2.45, 2.75) is 12.8 Å². The first-order chi connectivity index (χ1) is 5.75. The monoisotopic (exact) mass is 358 g/mol. The van der Waals surface area contributed by atoms with Gasteiger partial charge in [0.2, 0.25) is 0 Å². The summed E-state index contributed by atoms with van der Waals surface area (Å²) in [5.41, 5.74) is 1.35. The first-order valence-corrected chi connectivity index (χ1v) is 6.32. The molecule has 0 spiro atoms. The Labute approximate surface area is 100.0 Å². The lowest BCUT2D eigenvalue weighted by Crippen LogP contribution is -1.90. The minimum Gasteiger partial charge on any atom is -0.0928 e. The molecule has 0 atom stereocenters. The lowest BCUT2D eigenvalue weighted by atomic mass is 10.1. The summed E-state index contributed by atoms with van der Waals surface area (Å²) in [5, 5.41) is 1.91. The van der Waals surface area contributed by atoms with Crippen molar-refractivity contribution >= 4 is 50.1 Å². The van der Waals surface area contributed by atoms with Gasteiger partial charge in [0, 0.05) is 8.90 Å². The van der Waals surface area contributed by atoms with E-state index in [0.717, 1.165) is 23.2 Å². The van der Waals surface area contributed by atoms with E-state index in [0.29, 0.717) is 0 Å². The highest BCUT2D eigenvalue weighted by Gasteiger charge is 2.01. The highest BCUT2D eigenvalue weighted by Crippen LogP contribution is 2.22. The topological polar surface area (TPSA) is 0 Å². The van der Waals surface area contributed by atoms with Crippen LogP contribution < -0.4 is 0 Å². The first-order valence-electron chi connectivity index (χ1n) is 3.74. The fourth-order valence-electron chi connectivity index (χ4n) is 0.999. The van der Waals surface area contributed by atoms with Crippen LogP contribution in [0.25, 0.3) is 0 Å². The van der Waals surface area contributed by atoms with Gasteiger partial charge in [-0.1, -0.05) is 39.7 Å². The van der Waals surface area contributed by atoms with Crippen LogP contribution in [0.4, 0.5) is 0 Å². The molecule has 1 rings (SSSR count). The summed E-state index contributed by atoms with van der Waals surface area (Å²) in [7, 11) is 0. The second-order valence-corrected chi connectivity index (χ2v) is 4.78. The number of aryl methyl sites for hydroxylation is 1. The molecule has 0 aliphatic heterocycles. The van der Waals surface area contributed by atoms with Crippen molar-refractivity contribution in [1.82, 2.24) is 0 Å². The summed E-state index contributed by atoms with van der Waals surface area (Å²) in [6.07, 6.45) is 2.26. The summed E-state index contributed by atoms with van der Waals surface area (Å²) < 4.78 is 1.19. The van der Waals surface area contributed by atoms with Gasteiger partial charge in [-0.2, -0.15) is 0 Å². The first kappa shape index (κ1) is 10.8. The normalized spacial score (nSPS) is 10.2. The molecule has 0 aliphatic rings. The number of benzene rings is 1. The number of halogens is 3. The molecule has 0 N–H and O–H groups in total. The maximum absolute atomic E-state index is 5.97. The number of rotatable bonds is 3. The maximum atomic E-state index is 5.97. The second kappa shape index (κ2) is 5.45. The van der Waals surface area contributed by atoms with E-state index in [1.807, 2.05) is 12.1 Å². The molecule has 0 bridgehead atoms. The number of alkyl halides is 1. The molecule has 12 heavy (non-hydrogen) atoms. The van der Waals surface area contributed by atoms with Gasteiger partial charge in [-0.25, -0.2) is 0 Å². The Morgan fingerprint density at radius 1 is 1.42 bits per heavy atom. The molecule has 0 saturated carbocycles. The van der Waals surface area contributed by atoms with E-state index >= 15 is 0 Å². The molecular formula is C9H9BrClI. The fraction of sp³-hybridized carbons (Fsp3) is 0.333. The van der Waals surface area contributed by atoms with E-state index in [1.165, 1.54) is 9.13 Å². The van der Waals surface area contributed by atoms with Gasteiger partial charge in [0.05, 0.1) is 5.02 Å². The zero-order valence-electron chi connectivity index (χ0n) is 6.49. The summed E-state index contributed by atoms with van der Waals surface area (Å²) in [4.78, 5) is 0. The van der Waals surface area contributed by atoms with Crippen molar-refractivity contribution < 1.29 is 0 Å². The van der Waals surface area contributed by atoms with Gasteiger partial charge in [0.25, 0.3) is 0 Å². The van der Waals surface area contributed by atoms with Gasteiger partial charge in [-0.3, -0.25) is 0 Å². The molecule has 0 unspecified atom stereocenters. The van der Waals surface area contributed by atoms with Crippen molar-refractivity contribution in [3.63, 3.8) is 0 Å². The average Bonchev–Trinajstić information content (AvgIpc) is 2.08. The number of hydrogen-bond donors (Lipinski definition) is 0. The lowest BCUT2D eigenvalue weighted by Gasteiger charge is -2.03. The van der Waals surface area contributed by atoms with Gasteiger partial charge >= 0.3 is 0 Å². The molecule has 66 valence electrons. The molecule has 0 radical (unpaired) electrons. The minimum absolute atomic E-state index is 0.864. The maximum Gasteiger partial charge on any atom is 0.0542 e. The van der Waals surface area contributed by atoms with Crippen molar-refractivity contribution in [1.29, 1.82) is 0 Å². The van der Waals surface area contributed by atoms with Crippen LogP contribution in [-0.2, 0) is 6.42 Å². The van der Waals surface area contributed by atoms with Crippen LogP contribution in [-0.4, -0.2) is 5.33 Å². The predicted octanol–water partition coefficient (Wildman–Crippen LogP) is 4.27. The van der Waals surface area contributed by atoms with Crippen molar-refractivity contribution in [3.8, 4) is 0 Å². The Morgan fingerprint density at radius 2 is 2.17 bits per heavy atom. The van der Waals surface area contributed by atoms with Gasteiger partial charge in [-0.15, -0.1) is 0 Å². The quantitative estimate of drug-likeness (QED) is 0.558. The molecule has 0 aliphatic carbocycles. The van der Waals surface area contributed by atoms with Gasteiger partial charge in [0.1, 0.15) is 0 Å². The van der Waals surface area contributed by atoms with Crippen LogP contribution in [0.15, 0.2) is 18.2 Å². The molecule has 0 amide bonds. The van der Waals surface area contributed by atoms with Gasteiger partial charge < -0.3 is 0 Å². The van der Waals surface area contributed by atoms with Crippen LogP contribution >= 0.6 is 50.1 Å². The summed E-state index contributed by atoms with van der Waals surface area (Å²) in [6, 6.07) is 6.07.